The molecule has 2 aromatic heterocycles. The molecule has 1 fully saturated rings. The molecule has 1 amide bonds. The first kappa shape index (κ1) is 15.2. The first-order valence-electron chi connectivity index (χ1n) is 7.56. The molecule has 0 radical (unpaired) electrons. The molecule has 2 aromatic rings. The number of nitrogens with zero attached hydrogens (tertiary/aromatic N) is 4. The van der Waals surface area contributed by atoms with Gasteiger partial charge in [-0.05, 0) is 6.07 Å². The van der Waals surface area contributed by atoms with Crippen molar-refractivity contribution in [1.82, 2.24) is 24.8 Å². The second kappa shape index (κ2) is 6.22. The van der Waals surface area contributed by atoms with Gasteiger partial charge in [0.05, 0.1) is 5.02 Å². The van der Waals surface area contributed by atoms with Crippen molar-refractivity contribution in [3.63, 3.8) is 0 Å². The molecule has 7 heteroatoms. The van der Waals surface area contributed by atoms with Gasteiger partial charge in [-0.15, -0.1) is 0 Å². The van der Waals surface area contributed by atoms with Crippen LogP contribution in [0.3, 0.4) is 0 Å². The van der Waals surface area contributed by atoms with E-state index in [1.165, 1.54) is 0 Å². The molecule has 3 rings (SSSR count). The molecule has 1 aliphatic rings. The Bertz CT molecular complexity index is 691. The van der Waals surface area contributed by atoms with Crippen molar-refractivity contribution in [3.8, 4) is 0 Å². The van der Waals surface area contributed by atoms with Crippen LogP contribution in [0, 0.1) is 0 Å². The smallest absolute Gasteiger partial charge is 0.242 e. The maximum absolute atomic E-state index is 12.5. The highest BCUT2D eigenvalue weighted by molar-refractivity contribution is 6.31. The summed E-state index contributed by atoms with van der Waals surface area (Å²) in [6.45, 7) is 7.61. The summed E-state index contributed by atoms with van der Waals surface area (Å²) in [5.41, 5.74) is 1.46. The average Bonchev–Trinajstić information content (AvgIpc) is 2.86. The monoisotopic (exact) mass is 321 g/mol. The van der Waals surface area contributed by atoms with Gasteiger partial charge in [-0.3, -0.25) is 4.79 Å². The zero-order valence-electron chi connectivity index (χ0n) is 12.8. The lowest BCUT2D eigenvalue weighted by Crippen LogP contribution is -2.47. The van der Waals surface area contributed by atoms with Gasteiger partial charge in [0.15, 0.2) is 5.65 Å². The summed E-state index contributed by atoms with van der Waals surface area (Å²) in [6.07, 6.45) is 1.60. The zero-order valence-corrected chi connectivity index (χ0v) is 13.6. The summed E-state index contributed by atoms with van der Waals surface area (Å²) >= 11 is 5.99. The summed E-state index contributed by atoms with van der Waals surface area (Å²) in [6, 6.07) is 1.79. The number of amides is 1. The standard InChI is InChI=1S/C15H20ClN5O/c1-10(2)14-19-12-7-11(16)8-18-15(12)21(14)9-13(22)20-5-3-17-4-6-20/h7-8,10,17H,3-6,9H2,1-2H3. The minimum atomic E-state index is 0.111. The van der Waals surface area contributed by atoms with Crippen molar-refractivity contribution in [3.05, 3.63) is 23.1 Å². The molecule has 6 nitrogen and oxygen atoms in total. The van der Waals surface area contributed by atoms with Gasteiger partial charge in [0.1, 0.15) is 17.9 Å². The number of imidazole rings is 1. The third-order valence-electron chi connectivity index (χ3n) is 3.86. The number of piperazine rings is 1. The molecular formula is C15H20ClN5O. The summed E-state index contributed by atoms with van der Waals surface area (Å²) in [5, 5.41) is 3.81. The van der Waals surface area contributed by atoms with Crippen molar-refractivity contribution < 1.29 is 4.79 Å². The molecule has 3 heterocycles. The predicted octanol–water partition coefficient (Wildman–Crippen LogP) is 1.64. The van der Waals surface area contributed by atoms with Crippen molar-refractivity contribution >= 4 is 28.7 Å². The highest BCUT2D eigenvalue weighted by atomic mass is 35.5. The van der Waals surface area contributed by atoms with Crippen LogP contribution < -0.4 is 5.32 Å². The number of fused-ring (bicyclic) bond motifs is 1. The van der Waals surface area contributed by atoms with Gasteiger partial charge in [-0.25, -0.2) is 9.97 Å². The van der Waals surface area contributed by atoms with Crippen LogP contribution in [0.4, 0.5) is 0 Å². The van der Waals surface area contributed by atoms with Gasteiger partial charge in [-0.2, -0.15) is 0 Å². The minimum Gasteiger partial charge on any atom is -0.339 e. The van der Waals surface area contributed by atoms with Gasteiger partial charge >= 0.3 is 0 Å². The Kier molecular flexibility index (Phi) is 4.31. The highest BCUT2D eigenvalue weighted by Gasteiger charge is 2.21. The maximum atomic E-state index is 12.5. The van der Waals surface area contributed by atoms with E-state index in [1.807, 2.05) is 9.47 Å². The van der Waals surface area contributed by atoms with E-state index in [1.54, 1.807) is 12.3 Å². The van der Waals surface area contributed by atoms with Gasteiger partial charge in [0.25, 0.3) is 0 Å². The number of rotatable bonds is 3. The van der Waals surface area contributed by atoms with Gasteiger partial charge in [0, 0.05) is 38.3 Å². The number of halogens is 1. The van der Waals surface area contributed by atoms with E-state index < -0.39 is 0 Å². The first-order valence-corrected chi connectivity index (χ1v) is 7.94. The molecule has 1 aliphatic heterocycles. The van der Waals surface area contributed by atoms with Crippen LogP contribution in [0.15, 0.2) is 12.3 Å². The highest BCUT2D eigenvalue weighted by Crippen LogP contribution is 2.22. The predicted molar refractivity (Wildman–Crippen MR) is 86.1 cm³/mol. The quantitative estimate of drug-likeness (QED) is 0.933. The fraction of sp³-hybridized carbons (Fsp3) is 0.533. The SMILES string of the molecule is CC(C)c1nc2cc(Cl)cnc2n1CC(=O)N1CCNCC1. The molecule has 0 bridgehead atoms. The third-order valence-corrected chi connectivity index (χ3v) is 4.07. The summed E-state index contributed by atoms with van der Waals surface area (Å²) in [4.78, 5) is 23.4. The second-order valence-corrected chi connectivity index (χ2v) is 6.27. The molecule has 22 heavy (non-hydrogen) atoms. The third kappa shape index (κ3) is 2.94. The lowest BCUT2D eigenvalue weighted by atomic mass is 10.2. The Morgan fingerprint density at radius 2 is 2.14 bits per heavy atom. The van der Waals surface area contributed by atoms with Crippen molar-refractivity contribution in [2.75, 3.05) is 26.2 Å². The molecule has 0 aromatic carbocycles. The number of nitrogens with one attached hydrogen (secondary N) is 1. The minimum absolute atomic E-state index is 0.111. The van der Waals surface area contributed by atoms with E-state index in [0.29, 0.717) is 5.02 Å². The van der Waals surface area contributed by atoms with Gasteiger partial charge in [0.2, 0.25) is 5.91 Å². The normalized spacial score (nSPS) is 15.7. The lowest BCUT2D eigenvalue weighted by molar-refractivity contribution is -0.132. The fourth-order valence-corrected chi connectivity index (χ4v) is 2.90. The molecule has 1 saturated heterocycles. The van der Waals surface area contributed by atoms with Gasteiger partial charge < -0.3 is 14.8 Å². The number of carbonyl (C=O) groups is 1. The molecule has 118 valence electrons. The molecule has 0 atom stereocenters. The largest absolute Gasteiger partial charge is 0.339 e. The Balaban J connectivity index is 1.94. The number of carbonyl (C=O) groups excluding carboxylic acids is 1. The van der Waals surface area contributed by atoms with Crippen LogP contribution in [0.25, 0.3) is 11.2 Å². The summed E-state index contributed by atoms with van der Waals surface area (Å²) in [5.74, 6) is 1.19. The number of aromatic nitrogens is 3. The van der Waals surface area contributed by atoms with Gasteiger partial charge in [-0.1, -0.05) is 25.4 Å². The van der Waals surface area contributed by atoms with E-state index in [2.05, 4.69) is 29.1 Å². The van der Waals surface area contributed by atoms with E-state index in [9.17, 15) is 4.79 Å². The molecule has 0 aliphatic carbocycles. The Morgan fingerprint density at radius 1 is 1.41 bits per heavy atom. The van der Waals surface area contributed by atoms with Crippen LogP contribution in [0.5, 0.6) is 0 Å². The van der Waals surface area contributed by atoms with E-state index in [4.69, 9.17) is 11.6 Å². The average molecular weight is 322 g/mol. The number of pyridine rings is 1. The Morgan fingerprint density at radius 3 is 2.82 bits per heavy atom. The van der Waals surface area contributed by atoms with Crippen molar-refractivity contribution in [1.29, 1.82) is 0 Å². The maximum Gasteiger partial charge on any atom is 0.242 e. The first-order chi connectivity index (χ1) is 10.6. The molecular weight excluding hydrogens is 302 g/mol. The van der Waals surface area contributed by atoms with Crippen LogP contribution in [0.1, 0.15) is 25.6 Å². The Labute approximate surface area is 134 Å². The molecule has 1 N–H and O–H groups in total. The lowest BCUT2D eigenvalue weighted by Gasteiger charge is -2.28. The van der Waals surface area contributed by atoms with E-state index >= 15 is 0 Å². The number of hydrogen-bond donors (Lipinski definition) is 1. The van der Waals surface area contributed by atoms with E-state index in [-0.39, 0.29) is 18.4 Å². The van der Waals surface area contributed by atoms with Crippen LogP contribution in [-0.2, 0) is 11.3 Å². The van der Waals surface area contributed by atoms with Crippen LogP contribution >= 0.6 is 11.6 Å². The van der Waals surface area contributed by atoms with Crippen molar-refractivity contribution in [2.45, 2.75) is 26.3 Å². The van der Waals surface area contributed by atoms with E-state index in [0.717, 1.165) is 43.2 Å². The Hall–Kier alpha value is -1.66. The number of hydrogen-bond acceptors (Lipinski definition) is 4. The topological polar surface area (TPSA) is 63.1 Å². The summed E-state index contributed by atoms with van der Waals surface area (Å²) < 4.78 is 1.92. The van der Waals surface area contributed by atoms with Crippen molar-refractivity contribution in [2.24, 2.45) is 0 Å². The second-order valence-electron chi connectivity index (χ2n) is 5.84. The molecule has 0 spiro atoms. The zero-order chi connectivity index (χ0) is 15.7. The summed E-state index contributed by atoms with van der Waals surface area (Å²) in [7, 11) is 0. The molecule has 0 saturated carbocycles. The molecule has 0 unspecified atom stereocenters. The van der Waals surface area contributed by atoms with Crippen LogP contribution in [-0.4, -0.2) is 51.5 Å². The fourth-order valence-electron chi connectivity index (χ4n) is 2.75. The van der Waals surface area contributed by atoms with Crippen LogP contribution in [0.2, 0.25) is 5.02 Å².